The van der Waals surface area contributed by atoms with Gasteiger partial charge in [0.25, 0.3) is 0 Å². The second-order valence-electron chi connectivity index (χ2n) is 4.82. The van der Waals surface area contributed by atoms with Crippen LogP contribution >= 0.6 is 11.3 Å². The minimum Gasteiger partial charge on any atom is -0.391 e. The van der Waals surface area contributed by atoms with Crippen LogP contribution in [0.15, 0.2) is 0 Å². The fraction of sp³-hybridized carbons (Fsp3) is 0.750. The first-order valence-electron chi connectivity index (χ1n) is 6.14. The maximum Gasteiger partial charge on any atom is 0.186 e. The molecule has 0 saturated carbocycles. The van der Waals surface area contributed by atoms with Gasteiger partial charge in [0.05, 0.1) is 17.2 Å². The lowest BCUT2D eigenvalue weighted by Crippen LogP contribution is -2.37. The van der Waals surface area contributed by atoms with E-state index in [1.807, 2.05) is 6.92 Å². The summed E-state index contributed by atoms with van der Waals surface area (Å²) in [6.07, 6.45) is 1.17. The van der Waals surface area contributed by atoms with Crippen molar-refractivity contribution in [2.45, 2.75) is 32.9 Å². The number of aliphatic hydroxyl groups is 1. The van der Waals surface area contributed by atoms with Crippen molar-refractivity contribution in [2.75, 3.05) is 31.6 Å². The van der Waals surface area contributed by atoms with E-state index in [-0.39, 0.29) is 6.61 Å². The molecule has 1 aromatic heterocycles. The standard InChI is InChI=1S/C12H21N3OS/c1-9-7-14(3)5-4-6-15(9)12-13-10(2)11(8-16)17-12/h9,16H,4-8H2,1-3H3. The van der Waals surface area contributed by atoms with E-state index in [2.05, 4.69) is 28.8 Å². The molecule has 0 amide bonds. The SMILES string of the molecule is Cc1nc(N2CCCN(C)CC2C)sc1CO. The number of hydrogen-bond acceptors (Lipinski definition) is 5. The molecule has 1 aliphatic rings. The van der Waals surface area contributed by atoms with E-state index < -0.39 is 0 Å². The summed E-state index contributed by atoms with van der Waals surface area (Å²) < 4.78 is 0. The van der Waals surface area contributed by atoms with Gasteiger partial charge in [0.2, 0.25) is 0 Å². The van der Waals surface area contributed by atoms with Crippen molar-refractivity contribution in [3.05, 3.63) is 10.6 Å². The molecule has 2 rings (SSSR count). The summed E-state index contributed by atoms with van der Waals surface area (Å²) in [5.41, 5.74) is 0.970. The van der Waals surface area contributed by atoms with E-state index in [0.717, 1.165) is 35.3 Å². The second kappa shape index (κ2) is 5.33. The van der Waals surface area contributed by atoms with E-state index in [0.29, 0.717) is 6.04 Å². The van der Waals surface area contributed by atoms with Crippen LogP contribution in [-0.4, -0.2) is 47.7 Å². The van der Waals surface area contributed by atoms with Crippen LogP contribution in [0.5, 0.6) is 0 Å². The predicted octanol–water partition coefficient (Wildman–Crippen LogP) is 1.47. The highest BCUT2D eigenvalue weighted by molar-refractivity contribution is 7.15. The molecule has 17 heavy (non-hydrogen) atoms. The molecule has 2 heterocycles. The summed E-state index contributed by atoms with van der Waals surface area (Å²) >= 11 is 1.63. The fourth-order valence-electron chi connectivity index (χ4n) is 2.34. The molecule has 0 radical (unpaired) electrons. The Bertz CT molecular complexity index is 380. The van der Waals surface area contributed by atoms with Crippen molar-refractivity contribution in [3.8, 4) is 0 Å². The van der Waals surface area contributed by atoms with Crippen molar-refractivity contribution < 1.29 is 5.11 Å². The van der Waals surface area contributed by atoms with Gasteiger partial charge in [-0.15, -0.1) is 0 Å². The van der Waals surface area contributed by atoms with E-state index in [1.165, 1.54) is 6.42 Å². The second-order valence-corrected chi connectivity index (χ2v) is 5.88. The monoisotopic (exact) mass is 255 g/mol. The van der Waals surface area contributed by atoms with Crippen LogP contribution in [0.25, 0.3) is 0 Å². The van der Waals surface area contributed by atoms with Gasteiger partial charge in [-0.3, -0.25) is 0 Å². The van der Waals surface area contributed by atoms with Gasteiger partial charge in [0.15, 0.2) is 5.13 Å². The molecule has 1 N–H and O–H groups in total. The number of aliphatic hydroxyl groups excluding tert-OH is 1. The molecule has 4 nitrogen and oxygen atoms in total. The van der Waals surface area contributed by atoms with Gasteiger partial charge in [0.1, 0.15) is 0 Å². The van der Waals surface area contributed by atoms with E-state index in [1.54, 1.807) is 11.3 Å². The number of hydrogen-bond donors (Lipinski definition) is 1. The quantitative estimate of drug-likeness (QED) is 0.869. The van der Waals surface area contributed by atoms with Crippen LogP contribution in [0.3, 0.4) is 0 Å². The van der Waals surface area contributed by atoms with Gasteiger partial charge in [-0.1, -0.05) is 11.3 Å². The van der Waals surface area contributed by atoms with Crippen LogP contribution in [0.2, 0.25) is 0 Å². The highest BCUT2D eigenvalue weighted by atomic mass is 32.1. The van der Waals surface area contributed by atoms with Crippen molar-refractivity contribution in [3.63, 3.8) is 0 Å². The van der Waals surface area contributed by atoms with Crippen molar-refractivity contribution in [1.29, 1.82) is 0 Å². The van der Waals surface area contributed by atoms with Crippen molar-refractivity contribution in [1.82, 2.24) is 9.88 Å². The van der Waals surface area contributed by atoms with Gasteiger partial charge in [-0.25, -0.2) is 4.98 Å². The summed E-state index contributed by atoms with van der Waals surface area (Å²) in [7, 11) is 2.17. The number of anilines is 1. The molecule has 1 fully saturated rings. The van der Waals surface area contributed by atoms with Gasteiger partial charge < -0.3 is 14.9 Å². The van der Waals surface area contributed by atoms with Gasteiger partial charge in [-0.05, 0) is 33.9 Å². The highest BCUT2D eigenvalue weighted by Gasteiger charge is 2.22. The highest BCUT2D eigenvalue weighted by Crippen LogP contribution is 2.28. The third-order valence-electron chi connectivity index (χ3n) is 3.32. The molecular weight excluding hydrogens is 234 g/mol. The minimum atomic E-state index is 0.103. The number of nitrogens with zero attached hydrogens (tertiary/aromatic N) is 3. The zero-order valence-corrected chi connectivity index (χ0v) is 11.6. The lowest BCUT2D eigenvalue weighted by atomic mass is 10.3. The minimum absolute atomic E-state index is 0.103. The van der Waals surface area contributed by atoms with Crippen molar-refractivity contribution >= 4 is 16.5 Å². The Labute approximate surface area is 107 Å². The first-order valence-corrected chi connectivity index (χ1v) is 6.96. The lowest BCUT2D eigenvalue weighted by Gasteiger charge is -2.27. The molecule has 1 atom stereocenters. The first kappa shape index (κ1) is 12.8. The van der Waals surface area contributed by atoms with Crippen LogP contribution in [-0.2, 0) is 6.61 Å². The van der Waals surface area contributed by atoms with E-state index in [9.17, 15) is 5.11 Å². The zero-order chi connectivity index (χ0) is 12.4. The smallest absolute Gasteiger partial charge is 0.186 e. The Balaban J connectivity index is 2.19. The molecule has 1 saturated heterocycles. The normalized spacial score (nSPS) is 22.8. The number of thiazole rings is 1. The van der Waals surface area contributed by atoms with Gasteiger partial charge in [-0.2, -0.15) is 0 Å². The predicted molar refractivity (Wildman–Crippen MR) is 71.7 cm³/mol. The molecule has 0 aliphatic carbocycles. The summed E-state index contributed by atoms with van der Waals surface area (Å²) in [4.78, 5) is 10.3. The molecule has 0 aromatic carbocycles. The molecule has 5 heteroatoms. The molecule has 1 aliphatic heterocycles. The summed E-state index contributed by atoms with van der Waals surface area (Å²) in [5, 5.41) is 10.3. The summed E-state index contributed by atoms with van der Waals surface area (Å²) in [6.45, 7) is 7.61. The fourth-order valence-corrected chi connectivity index (χ4v) is 3.39. The van der Waals surface area contributed by atoms with E-state index in [4.69, 9.17) is 0 Å². The number of rotatable bonds is 2. The largest absolute Gasteiger partial charge is 0.391 e. The number of aryl methyl sites for hydroxylation is 1. The van der Waals surface area contributed by atoms with Gasteiger partial charge in [0, 0.05) is 19.1 Å². The maximum atomic E-state index is 9.24. The molecular formula is C12H21N3OS. The van der Waals surface area contributed by atoms with Gasteiger partial charge >= 0.3 is 0 Å². The maximum absolute atomic E-state index is 9.24. The molecule has 1 aromatic rings. The topological polar surface area (TPSA) is 39.6 Å². The lowest BCUT2D eigenvalue weighted by molar-refractivity contribution is 0.284. The van der Waals surface area contributed by atoms with Crippen LogP contribution < -0.4 is 4.90 Å². The Morgan fingerprint density at radius 2 is 2.24 bits per heavy atom. The summed E-state index contributed by atoms with van der Waals surface area (Å²) in [6, 6.07) is 0.486. The molecule has 0 spiro atoms. The number of aromatic nitrogens is 1. The molecule has 1 unspecified atom stereocenters. The Hall–Kier alpha value is -0.650. The molecule has 96 valence electrons. The summed E-state index contributed by atoms with van der Waals surface area (Å²) in [5.74, 6) is 0. The average molecular weight is 255 g/mol. The van der Waals surface area contributed by atoms with E-state index >= 15 is 0 Å². The third-order valence-corrected chi connectivity index (χ3v) is 4.50. The molecule has 0 bridgehead atoms. The Morgan fingerprint density at radius 1 is 1.47 bits per heavy atom. The van der Waals surface area contributed by atoms with Crippen molar-refractivity contribution in [2.24, 2.45) is 0 Å². The first-order chi connectivity index (χ1) is 8.11. The Morgan fingerprint density at radius 3 is 2.88 bits per heavy atom. The zero-order valence-electron chi connectivity index (χ0n) is 10.8. The Kier molecular flexibility index (Phi) is 4.01. The van der Waals surface area contributed by atoms with Crippen LogP contribution in [0.1, 0.15) is 23.9 Å². The van der Waals surface area contributed by atoms with Crippen LogP contribution in [0, 0.1) is 6.92 Å². The third kappa shape index (κ3) is 2.78. The average Bonchev–Trinajstić information content (AvgIpc) is 2.56. The number of likely N-dealkylation sites (N-methyl/N-ethyl adjacent to an activating group) is 1. The van der Waals surface area contributed by atoms with Crippen LogP contribution in [0.4, 0.5) is 5.13 Å².